The Kier molecular flexibility index (Phi) is 7.54. The van der Waals surface area contributed by atoms with Gasteiger partial charge in [0.2, 0.25) is 0 Å². The van der Waals surface area contributed by atoms with Gasteiger partial charge in [0.1, 0.15) is 5.75 Å². The minimum atomic E-state index is -3.72. The quantitative estimate of drug-likeness (QED) is 0.487. The fraction of sp³-hybridized carbons (Fsp3) is 0.588. The van der Waals surface area contributed by atoms with Crippen molar-refractivity contribution in [3.63, 3.8) is 0 Å². The largest absolute Gasteiger partial charge is 0.530 e. The molecule has 0 unspecified atom stereocenters. The van der Waals surface area contributed by atoms with E-state index in [0.29, 0.717) is 5.75 Å². The Morgan fingerprint density at radius 3 is 2.17 bits per heavy atom. The van der Waals surface area contributed by atoms with Gasteiger partial charge in [-0.1, -0.05) is 19.9 Å². The zero-order chi connectivity index (χ0) is 18.5. The van der Waals surface area contributed by atoms with Crippen molar-refractivity contribution in [3.05, 3.63) is 28.8 Å². The van der Waals surface area contributed by atoms with E-state index in [9.17, 15) is 9.36 Å². The van der Waals surface area contributed by atoms with Crippen molar-refractivity contribution in [1.82, 2.24) is 0 Å². The zero-order valence-corrected chi connectivity index (χ0v) is 17.0. The molecule has 0 bridgehead atoms. The Labute approximate surface area is 150 Å². The highest BCUT2D eigenvalue weighted by atomic mass is 32.1. The van der Waals surface area contributed by atoms with Crippen molar-refractivity contribution in [2.24, 2.45) is 0 Å². The van der Waals surface area contributed by atoms with Gasteiger partial charge in [0, 0.05) is 17.4 Å². The summed E-state index contributed by atoms with van der Waals surface area (Å²) in [6, 6.07) is 3.79. The molecule has 0 N–H and O–H groups in total. The van der Waals surface area contributed by atoms with Crippen LogP contribution in [0, 0.1) is 13.8 Å². The fourth-order valence-corrected chi connectivity index (χ4v) is 4.45. The SMILES string of the molecule is CCOP(=O)(OCC)Oc1cc(C)cc(C)c1C(C)(C)CC(=O)S. The van der Waals surface area contributed by atoms with E-state index in [2.05, 4.69) is 12.6 Å². The van der Waals surface area contributed by atoms with Gasteiger partial charge in [0.05, 0.1) is 13.2 Å². The molecule has 1 aromatic carbocycles. The lowest BCUT2D eigenvalue weighted by Crippen LogP contribution is -2.22. The number of phosphoric acid groups is 1. The van der Waals surface area contributed by atoms with Crippen LogP contribution in [0.25, 0.3) is 0 Å². The van der Waals surface area contributed by atoms with E-state index in [4.69, 9.17) is 13.6 Å². The molecule has 0 aromatic heterocycles. The number of benzene rings is 1. The summed E-state index contributed by atoms with van der Waals surface area (Å²) in [7, 11) is -3.72. The van der Waals surface area contributed by atoms with Gasteiger partial charge in [-0.3, -0.25) is 13.8 Å². The van der Waals surface area contributed by atoms with Crippen LogP contribution in [-0.4, -0.2) is 18.3 Å². The van der Waals surface area contributed by atoms with E-state index < -0.39 is 13.2 Å². The molecule has 0 amide bonds. The van der Waals surface area contributed by atoms with Crippen molar-refractivity contribution >= 4 is 25.6 Å². The summed E-state index contributed by atoms with van der Waals surface area (Å²) < 4.78 is 28.9. The van der Waals surface area contributed by atoms with E-state index >= 15 is 0 Å². The summed E-state index contributed by atoms with van der Waals surface area (Å²) in [4.78, 5) is 11.5. The van der Waals surface area contributed by atoms with Crippen molar-refractivity contribution in [2.75, 3.05) is 13.2 Å². The normalized spacial score (nSPS) is 12.3. The number of hydrogen-bond acceptors (Lipinski definition) is 5. The third-order valence-corrected chi connectivity index (χ3v) is 5.23. The standard InChI is InChI=1S/C17H27O5PS/c1-7-20-23(19,21-8-2)22-14-10-12(3)9-13(4)16(14)17(5,6)11-15(18)24/h9-10H,7-8,11H2,1-6H3,(H,18,24). The number of aryl methyl sites for hydroxylation is 2. The smallest absolute Gasteiger partial charge is 0.404 e. The van der Waals surface area contributed by atoms with Gasteiger partial charge in [0.15, 0.2) is 5.12 Å². The summed E-state index contributed by atoms with van der Waals surface area (Å²) in [6.45, 7) is 11.6. The molecule has 0 saturated heterocycles. The molecule has 1 aromatic rings. The van der Waals surface area contributed by atoms with Gasteiger partial charge >= 0.3 is 7.82 Å². The van der Waals surface area contributed by atoms with Crippen molar-refractivity contribution in [3.8, 4) is 5.75 Å². The third-order valence-electron chi connectivity index (χ3n) is 3.50. The molecule has 0 atom stereocenters. The van der Waals surface area contributed by atoms with Gasteiger partial charge in [0.25, 0.3) is 0 Å². The van der Waals surface area contributed by atoms with Crippen LogP contribution in [0.2, 0.25) is 0 Å². The maximum atomic E-state index is 12.8. The fourth-order valence-electron chi connectivity index (χ4n) is 2.86. The molecule has 0 saturated carbocycles. The van der Waals surface area contributed by atoms with Crippen LogP contribution < -0.4 is 4.52 Å². The zero-order valence-electron chi connectivity index (χ0n) is 15.2. The van der Waals surface area contributed by atoms with E-state index in [1.54, 1.807) is 19.9 Å². The lowest BCUT2D eigenvalue weighted by molar-refractivity contribution is -0.111. The first-order valence-corrected chi connectivity index (χ1v) is 9.87. The van der Waals surface area contributed by atoms with Gasteiger partial charge in [-0.15, -0.1) is 12.6 Å². The van der Waals surface area contributed by atoms with Crippen LogP contribution in [0.15, 0.2) is 12.1 Å². The van der Waals surface area contributed by atoms with Crippen molar-refractivity contribution < 1.29 is 22.9 Å². The molecule has 0 aliphatic rings. The van der Waals surface area contributed by atoms with Crippen LogP contribution in [-0.2, 0) is 23.8 Å². The highest BCUT2D eigenvalue weighted by molar-refractivity contribution is 7.96. The molecular formula is C17H27O5PS. The number of thiol groups is 1. The summed E-state index contributed by atoms with van der Waals surface area (Å²) in [6.07, 6.45) is 0.226. The molecule has 0 aliphatic carbocycles. The summed E-state index contributed by atoms with van der Waals surface area (Å²) in [5.74, 6) is 0.414. The molecular weight excluding hydrogens is 347 g/mol. The van der Waals surface area contributed by atoms with Crippen LogP contribution >= 0.6 is 20.5 Å². The van der Waals surface area contributed by atoms with Crippen molar-refractivity contribution in [1.29, 1.82) is 0 Å². The second kappa shape index (κ2) is 8.52. The number of carbonyl (C=O) groups excluding carboxylic acids is 1. The molecule has 0 radical (unpaired) electrons. The lowest BCUT2D eigenvalue weighted by Gasteiger charge is -2.29. The maximum absolute atomic E-state index is 12.8. The van der Waals surface area contributed by atoms with Crippen LogP contribution in [0.1, 0.15) is 50.8 Å². The van der Waals surface area contributed by atoms with E-state index in [-0.39, 0.29) is 24.7 Å². The molecule has 136 valence electrons. The van der Waals surface area contributed by atoms with E-state index in [1.165, 1.54) is 0 Å². The molecule has 7 heteroatoms. The number of hydrogen-bond donors (Lipinski definition) is 1. The van der Waals surface area contributed by atoms with E-state index in [0.717, 1.165) is 16.7 Å². The minimum absolute atomic E-state index is 0.204. The number of rotatable bonds is 9. The van der Waals surface area contributed by atoms with Gasteiger partial charge < -0.3 is 4.52 Å². The van der Waals surface area contributed by atoms with Crippen LogP contribution in [0.5, 0.6) is 5.75 Å². The number of phosphoric ester groups is 1. The highest BCUT2D eigenvalue weighted by Crippen LogP contribution is 2.52. The second-order valence-corrected chi connectivity index (χ2v) is 8.38. The van der Waals surface area contributed by atoms with E-state index in [1.807, 2.05) is 33.8 Å². The second-order valence-electron chi connectivity index (χ2n) is 6.28. The summed E-state index contributed by atoms with van der Waals surface area (Å²) in [5.41, 5.74) is 2.17. The Balaban J connectivity index is 3.41. The first-order chi connectivity index (χ1) is 11.0. The molecule has 0 heterocycles. The molecule has 0 aliphatic heterocycles. The van der Waals surface area contributed by atoms with Crippen LogP contribution in [0.3, 0.4) is 0 Å². The topological polar surface area (TPSA) is 61.8 Å². The van der Waals surface area contributed by atoms with Gasteiger partial charge in [-0.05, 0) is 44.9 Å². The molecule has 0 spiro atoms. The third kappa shape index (κ3) is 5.62. The average molecular weight is 374 g/mol. The first-order valence-electron chi connectivity index (χ1n) is 7.97. The first kappa shape index (κ1) is 21.2. The monoisotopic (exact) mass is 374 g/mol. The molecule has 5 nitrogen and oxygen atoms in total. The summed E-state index contributed by atoms with van der Waals surface area (Å²) >= 11 is 3.90. The molecule has 24 heavy (non-hydrogen) atoms. The van der Waals surface area contributed by atoms with Gasteiger partial charge in [-0.2, -0.15) is 0 Å². The lowest BCUT2D eigenvalue weighted by atomic mass is 9.78. The maximum Gasteiger partial charge on any atom is 0.530 e. The molecule has 1 rings (SSSR count). The minimum Gasteiger partial charge on any atom is -0.404 e. The highest BCUT2D eigenvalue weighted by Gasteiger charge is 2.34. The Bertz CT molecular complexity index is 632. The average Bonchev–Trinajstić information content (AvgIpc) is 2.35. The Hall–Kier alpha value is -0.810. The molecule has 0 fully saturated rings. The Morgan fingerprint density at radius 2 is 1.71 bits per heavy atom. The van der Waals surface area contributed by atoms with Crippen LogP contribution in [0.4, 0.5) is 0 Å². The Morgan fingerprint density at radius 1 is 1.17 bits per heavy atom. The predicted molar refractivity (Wildman–Crippen MR) is 99.0 cm³/mol. The predicted octanol–water partition coefficient (Wildman–Crippen LogP) is 4.99. The van der Waals surface area contributed by atoms with Gasteiger partial charge in [-0.25, -0.2) is 4.57 Å². The van der Waals surface area contributed by atoms with Crippen molar-refractivity contribution in [2.45, 2.75) is 53.4 Å². The summed E-state index contributed by atoms with van der Waals surface area (Å²) in [5, 5.41) is -0.219. The number of carbonyl (C=O) groups is 1.